The van der Waals surface area contributed by atoms with E-state index < -0.39 is 0 Å². The molecular formula is C21H24N4OS. The molecular weight excluding hydrogens is 356 g/mol. The molecule has 1 heterocycles. The van der Waals surface area contributed by atoms with Gasteiger partial charge in [-0.15, -0.1) is 0 Å². The van der Waals surface area contributed by atoms with Gasteiger partial charge in [-0.05, 0) is 50.2 Å². The first kappa shape index (κ1) is 19.0. The molecule has 0 aliphatic heterocycles. The molecule has 0 saturated heterocycles. The molecule has 0 fully saturated rings. The molecule has 3 aromatic rings. The summed E-state index contributed by atoms with van der Waals surface area (Å²) in [4.78, 5) is 18.9. The molecule has 0 unspecified atom stereocenters. The third-order valence-corrected chi connectivity index (χ3v) is 5.14. The quantitative estimate of drug-likeness (QED) is 0.604. The van der Waals surface area contributed by atoms with Crippen LogP contribution in [0.4, 0.5) is 17.1 Å². The Bertz CT molecular complexity index is 875. The number of nitrogens with one attached hydrogen (secondary N) is 1. The molecule has 0 saturated carbocycles. The normalized spacial score (nSPS) is 10.8. The summed E-state index contributed by atoms with van der Waals surface area (Å²) in [5.41, 5.74) is 2.92. The van der Waals surface area contributed by atoms with E-state index in [-0.39, 0.29) is 11.9 Å². The third kappa shape index (κ3) is 4.92. The van der Waals surface area contributed by atoms with E-state index in [0.29, 0.717) is 5.75 Å². The number of hydrogen-bond donors (Lipinski definition) is 1. The van der Waals surface area contributed by atoms with Gasteiger partial charge >= 0.3 is 0 Å². The molecule has 140 valence electrons. The molecule has 27 heavy (non-hydrogen) atoms. The number of rotatable bonds is 7. The Balaban J connectivity index is 1.68. The van der Waals surface area contributed by atoms with Crippen molar-refractivity contribution in [2.45, 2.75) is 25.0 Å². The van der Waals surface area contributed by atoms with Gasteiger partial charge in [-0.25, -0.2) is 4.98 Å². The first-order chi connectivity index (χ1) is 13.0. The second kappa shape index (κ2) is 8.77. The van der Waals surface area contributed by atoms with Crippen molar-refractivity contribution in [2.24, 2.45) is 7.05 Å². The number of carbonyl (C=O) groups is 1. The van der Waals surface area contributed by atoms with Crippen molar-refractivity contribution in [2.75, 3.05) is 16.0 Å². The van der Waals surface area contributed by atoms with Crippen LogP contribution in [0, 0.1) is 0 Å². The van der Waals surface area contributed by atoms with E-state index in [4.69, 9.17) is 0 Å². The molecule has 1 aromatic heterocycles. The molecule has 0 radical (unpaired) electrons. The molecule has 0 aliphatic rings. The SMILES string of the molecule is CC(C)N(C(=O)CSc1nccn1C)c1ccc(Nc2ccccc2)cc1. The predicted molar refractivity (Wildman–Crippen MR) is 113 cm³/mol. The highest BCUT2D eigenvalue weighted by Crippen LogP contribution is 2.24. The zero-order valence-electron chi connectivity index (χ0n) is 15.8. The molecule has 0 spiro atoms. The van der Waals surface area contributed by atoms with Gasteiger partial charge in [-0.3, -0.25) is 4.79 Å². The van der Waals surface area contributed by atoms with Crippen LogP contribution in [-0.2, 0) is 11.8 Å². The van der Waals surface area contributed by atoms with Crippen LogP contribution in [0.3, 0.4) is 0 Å². The summed E-state index contributed by atoms with van der Waals surface area (Å²) < 4.78 is 1.92. The Morgan fingerprint density at radius 3 is 2.37 bits per heavy atom. The van der Waals surface area contributed by atoms with Gasteiger partial charge in [-0.2, -0.15) is 0 Å². The summed E-state index contributed by atoms with van der Waals surface area (Å²) in [6, 6.07) is 18.1. The highest BCUT2D eigenvalue weighted by atomic mass is 32.2. The number of amides is 1. The Labute approximate surface area is 164 Å². The molecule has 3 rings (SSSR count). The summed E-state index contributed by atoms with van der Waals surface area (Å²) in [7, 11) is 1.93. The zero-order chi connectivity index (χ0) is 19.2. The number of nitrogens with zero attached hydrogens (tertiary/aromatic N) is 3. The molecule has 1 amide bonds. The molecule has 0 aliphatic carbocycles. The average molecular weight is 381 g/mol. The number of carbonyl (C=O) groups excluding carboxylic acids is 1. The van der Waals surface area contributed by atoms with E-state index in [1.165, 1.54) is 11.8 Å². The maximum absolute atomic E-state index is 12.8. The largest absolute Gasteiger partial charge is 0.356 e. The standard InChI is InChI=1S/C21H24N4OS/c1-16(2)25(20(26)15-27-21-22-13-14-24(21)3)19-11-9-18(10-12-19)23-17-7-5-4-6-8-17/h4-14,16,23H,15H2,1-3H3. The Morgan fingerprint density at radius 1 is 1.11 bits per heavy atom. The van der Waals surface area contributed by atoms with Crippen molar-refractivity contribution in [1.82, 2.24) is 9.55 Å². The lowest BCUT2D eigenvalue weighted by atomic mass is 10.2. The van der Waals surface area contributed by atoms with Crippen molar-refractivity contribution < 1.29 is 4.79 Å². The minimum Gasteiger partial charge on any atom is -0.356 e. The van der Waals surface area contributed by atoms with Crippen LogP contribution in [0.15, 0.2) is 72.1 Å². The summed E-state index contributed by atoms with van der Waals surface area (Å²) >= 11 is 1.46. The van der Waals surface area contributed by atoms with Crippen LogP contribution in [0.5, 0.6) is 0 Å². The van der Waals surface area contributed by atoms with Gasteiger partial charge in [0.2, 0.25) is 5.91 Å². The maximum atomic E-state index is 12.8. The summed E-state index contributed by atoms with van der Waals surface area (Å²) in [5, 5.41) is 4.20. The second-order valence-electron chi connectivity index (χ2n) is 6.50. The first-order valence-electron chi connectivity index (χ1n) is 8.89. The molecule has 0 atom stereocenters. The highest BCUT2D eigenvalue weighted by molar-refractivity contribution is 7.99. The zero-order valence-corrected chi connectivity index (χ0v) is 16.6. The van der Waals surface area contributed by atoms with E-state index in [1.54, 1.807) is 6.20 Å². The average Bonchev–Trinajstić information content (AvgIpc) is 3.07. The van der Waals surface area contributed by atoms with Gasteiger partial charge < -0.3 is 14.8 Å². The van der Waals surface area contributed by atoms with Crippen LogP contribution in [0.25, 0.3) is 0 Å². The van der Waals surface area contributed by atoms with E-state index in [1.807, 2.05) is 91.2 Å². The molecule has 0 bridgehead atoms. The van der Waals surface area contributed by atoms with Gasteiger partial charge in [0.1, 0.15) is 0 Å². The fourth-order valence-corrected chi connectivity index (χ4v) is 3.60. The topological polar surface area (TPSA) is 50.2 Å². The van der Waals surface area contributed by atoms with Crippen molar-refractivity contribution in [1.29, 1.82) is 0 Å². The van der Waals surface area contributed by atoms with E-state index in [0.717, 1.165) is 22.2 Å². The maximum Gasteiger partial charge on any atom is 0.237 e. The van der Waals surface area contributed by atoms with Crippen LogP contribution in [0.1, 0.15) is 13.8 Å². The Morgan fingerprint density at radius 2 is 1.78 bits per heavy atom. The number of anilines is 3. The summed E-state index contributed by atoms with van der Waals surface area (Å²) in [6.07, 6.45) is 3.62. The third-order valence-electron chi connectivity index (χ3n) is 4.09. The van der Waals surface area contributed by atoms with Gasteiger partial charge in [0.25, 0.3) is 0 Å². The van der Waals surface area contributed by atoms with Crippen LogP contribution in [-0.4, -0.2) is 27.3 Å². The molecule has 6 heteroatoms. The van der Waals surface area contributed by atoms with E-state index in [9.17, 15) is 4.79 Å². The van der Waals surface area contributed by atoms with Crippen molar-refractivity contribution in [3.8, 4) is 0 Å². The molecule has 1 N–H and O–H groups in total. The number of imidazole rings is 1. The van der Waals surface area contributed by atoms with Crippen molar-refractivity contribution in [3.05, 3.63) is 67.0 Å². The number of thioether (sulfide) groups is 1. The lowest BCUT2D eigenvalue weighted by Gasteiger charge is -2.27. The number of aromatic nitrogens is 2. The van der Waals surface area contributed by atoms with Gasteiger partial charge in [0, 0.05) is 42.5 Å². The number of para-hydroxylation sites is 1. The Kier molecular flexibility index (Phi) is 6.19. The van der Waals surface area contributed by atoms with E-state index in [2.05, 4.69) is 10.3 Å². The molecule has 5 nitrogen and oxygen atoms in total. The van der Waals surface area contributed by atoms with Crippen LogP contribution in [0.2, 0.25) is 0 Å². The van der Waals surface area contributed by atoms with Gasteiger partial charge in [-0.1, -0.05) is 30.0 Å². The smallest absolute Gasteiger partial charge is 0.237 e. The lowest BCUT2D eigenvalue weighted by molar-refractivity contribution is -0.116. The second-order valence-corrected chi connectivity index (χ2v) is 7.45. The summed E-state index contributed by atoms with van der Waals surface area (Å²) in [6.45, 7) is 4.05. The fraction of sp³-hybridized carbons (Fsp3) is 0.238. The fourth-order valence-electron chi connectivity index (χ4n) is 2.81. The minimum atomic E-state index is 0.0711. The Hall–Kier alpha value is -2.73. The van der Waals surface area contributed by atoms with Gasteiger partial charge in [0.15, 0.2) is 5.16 Å². The van der Waals surface area contributed by atoms with Crippen LogP contribution >= 0.6 is 11.8 Å². The first-order valence-corrected chi connectivity index (χ1v) is 9.87. The van der Waals surface area contributed by atoms with Crippen molar-refractivity contribution in [3.63, 3.8) is 0 Å². The molecule has 2 aromatic carbocycles. The number of hydrogen-bond acceptors (Lipinski definition) is 4. The predicted octanol–water partition coefficient (Wildman–Crippen LogP) is 4.70. The summed E-state index contributed by atoms with van der Waals surface area (Å²) in [5.74, 6) is 0.425. The number of benzene rings is 2. The lowest BCUT2D eigenvalue weighted by Crippen LogP contribution is -2.38. The monoisotopic (exact) mass is 380 g/mol. The minimum absolute atomic E-state index is 0.0711. The van der Waals surface area contributed by atoms with Gasteiger partial charge in [0.05, 0.1) is 5.75 Å². The number of aryl methyl sites for hydroxylation is 1. The van der Waals surface area contributed by atoms with Crippen LogP contribution < -0.4 is 10.2 Å². The van der Waals surface area contributed by atoms with E-state index >= 15 is 0 Å². The van der Waals surface area contributed by atoms with Crippen molar-refractivity contribution >= 4 is 34.7 Å². The highest BCUT2D eigenvalue weighted by Gasteiger charge is 2.19.